The van der Waals surface area contributed by atoms with Gasteiger partial charge in [-0.25, -0.2) is 4.39 Å². The van der Waals surface area contributed by atoms with E-state index in [1.54, 1.807) is 6.07 Å². The van der Waals surface area contributed by atoms with Gasteiger partial charge in [-0.3, -0.25) is 4.79 Å². The van der Waals surface area contributed by atoms with Crippen LogP contribution in [0.4, 0.5) is 10.1 Å². The summed E-state index contributed by atoms with van der Waals surface area (Å²) in [4.78, 5) is 16.9. The fraction of sp³-hybridized carbons (Fsp3) is 0.457. The van der Waals surface area contributed by atoms with E-state index in [1.807, 2.05) is 34.0 Å². The van der Waals surface area contributed by atoms with E-state index < -0.39 is 0 Å². The number of ether oxygens (including phenoxy) is 1. The summed E-state index contributed by atoms with van der Waals surface area (Å²) in [6.45, 7) is 9.56. The maximum Gasteiger partial charge on any atom is 0.310 e. The lowest BCUT2D eigenvalue weighted by atomic mass is 9.86. The zero-order valence-electron chi connectivity index (χ0n) is 25.6. The Hall–Kier alpha value is -3.18. The van der Waals surface area contributed by atoms with Crippen LogP contribution in [0.15, 0.2) is 60.7 Å². The van der Waals surface area contributed by atoms with Gasteiger partial charge < -0.3 is 14.5 Å². The highest BCUT2D eigenvalue weighted by atomic mass is 19.1. The van der Waals surface area contributed by atoms with Gasteiger partial charge in [0.25, 0.3) is 0 Å². The van der Waals surface area contributed by atoms with Crippen LogP contribution in [0.3, 0.4) is 0 Å². The molecule has 3 aromatic carbocycles. The van der Waals surface area contributed by atoms with Gasteiger partial charge in [0.15, 0.2) is 0 Å². The third-order valence-corrected chi connectivity index (χ3v) is 7.61. The highest BCUT2D eigenvalue weighted by molar-refractivity contribution is 5.72. The molecule has 0 aliphatic rings. The number of hydrogen-bond acceptors (Lipinski definition) is 4. The van der Waals surface area contributed by atoms with Crippen molar-refractivity contribution in [2.45, 2.75) is 71.3 Å². The summed E-state index contributed by atoms with van der Waals surface area (Å²) in [5.41, 5.74) is 6.99. The summed E-state index contributed by atoms with van der Waals surface area (Å²) >= 11 is 0. The van der Waals surface area contributed by atoms with Crippen LogP contribution >= 0.6 is 0 Å². The molecule has 5 heteroatoms. The zero-order valence-corrected chi connectivity index (χ0v) is 25.6. The minimum absolute atomic E-state index is 0.0133. The number of benzene rings is 3. The van der Waals surface area contributed by atoms with Crippen molar-refractivity contribution in [1.29, 1.82) is 0 Å². The lowest BCUT2D eigenvalue weighted by Gasteiger charge is -2.20. The molecule has 4 nitrogen and oxygen atoms in total. The first-order chi connectivity index (χ1) is 19.0. The van der Waals surface area contributed by atoms with E-state index in [4.69, 9.17) is 4.74 Å². The molecule has 0 aliphatic heterocycles. The summed E-state index contributed by atoms with van der Waals surface area (Å²) in [7, 11) is 8.17. The standard InChI is InChI=1S/C35H47FN2O2/c1-24(2)34-30(20-26(4)28-14-12-27(13-15-28)23-37(5)6)16-17-31(35(34)36)22-33(39)40-19-18-25(3)29-10-9-11-32(21-29)38(7)8/h9-17,21,24-26H,18-20,22-23H2,1-8H3. The maximum atomic E-state index is 15.7. The molecule has 0 aromatic heterocycles. The van der Waals surface area contributed by atoms with E-state index in [9.17, 15) is 4.79 Å². The average molecular weight is 547 g/mol. The van der Waals surface area contributed by atoms with Crippen molar-refractivity contribution < 1.29 is 13.9 Å². The van der Waals surface area contributed by atoms with Crippen molar-refractivity contribution in [2.24, 2.45) is 0 Å². The number of carbonyl (C=O) groups excluding carboxylic acids is 1. The van der Waals surface area contributed by atoms with Crippen LogP contribution in [0.1, 0.15) is 85.3 Å². The van der Waals surface area contributed by atoms with Crippen molar-refractivity contribution in [2.75, 3.05) is 39.7 Å². The fourth-order valence-electron chi connectivity index (χ4n) is 5.21. The molecule has 2 atom stereocenters. The van der Waals surface area contributed by atoms with Crippen LogP contribution in [-0.4, -0.2) is 45.7 Å². The van der Waals surface area contributed by atoms with Crippen LogP contribution in [0.2, 0.25) is 0 Å². The van der Waals surface area contributed by atoms with Crippen molar-refractivity contribution in [1.82, 2.24) is 4.90 Å². The lowest BCUT2D eigenvalue weighted by Crippen LogP contribution is -2.14. The molecule has 0 fully saturated rings. The average Bonchev–Trinajstić information content (AvgIpc) is 2.90. The minimum atomic E-state index is -0.387. The summed E-state index contributed by atoms with van der Waals surface area (Å²) in [6.07, 6.45) is 1.41. The molecule has 0 saturated heterocycles. The number of nitrogens with zero attached hydrogens (tertiary/aromatic N) is 2. The Morgan fingerprint density at radius 1 is 0.850 bits per heavy atom. The van der Waals surface area contributed by atoms with Crippen molar-refractivity contribution in [3.63, 3.8) is 0 Å². The normalized spacial score (nSPS) is 13.0. The van der Waals surface area contributed by atoms with Crippen LogP contribution in [-0.2, 0) is 28.9 Å². The van der Waals surface area contributed by atoms with Gasteiger partial charge in [-0.15, -0.1) is 0 Å². The summed E-state index contributed by atoms with van der Waals surface area (Å²) in [5.74, 6) is -0.142. The third kappa shape index (κ3) is 8.66. The first-order valence-corrected chi connectivity index (χ1v) is 14.4. The molecule has 0 heterocycles. The SMILES string of the molecule is CC(C)c1c(CC(C)c2ccc(CN(C)C)cc2)ccc(CC(=O)OCCC(C)c2cccc(N(C)C)c2)c1F. The van der Waals surface area contributed by atoms with Gasteiger partial charge in [-0.05, 0) is 90.2 Å². The fourth-order valence-corrected chi connectivity index (χ4v) is 5.21. The second-order valence-corrected chi connectivity index (χ2v) is 11.9. The highest BCUT2D eigenvalue weighted by Gasteiger charge is 2.20. The van der Waals surface area contributed by atoms with Gasteiger partial charge in [0.05, 0.1) is 13.0 Å². The van der Waals surface area contributed by atoms with Crippen LogP contribution in [0.5, 0.6) is 0 Å². The highest BCUT2D eigenvalue weighted by Crippen LogP contribution is 2.31. The van der Waals surface area contributed by atoms with Crippen LogP contribution < -0.4 is 4.90 Å². The first-order valence-electron chi connectivity index (χ1n) is 14.4. The predicted octanol–water partition coefficient (Wildman–Crippen LogP) is 7.70. The van der Waals surface area contributed by atoms with E-state index in [0.29, 0.717) is 17.7 Å². The predicted molar refractivity (Wildman–Crippen MR) is 165 cm³/mol. The van der Waals surface area contributed by atoms with Crippen LogP contribution in [0.25, 0.3) is 0 Å². The molecular weight excluding hydrogens is 499 g/mol. The second-order valence-electron chi connectivity index (χ2n) is 11.9. The molecule has 0 aliphatic carbocycles. The van der Waals surface area contributed by atoms with E-state index in [0.717, 1.165) is 30.6 Å². The van der Waals surface area contributed by atoms with Gasteiger partial charge in [0.2, 0.25) is 0 Å². The Labute approximate surface area is 241 Å². The molecule has 0 spiro atoms. The van der Waals surface area contributed by atoms with E-state index in [2.05, 4.69) is 86.3 Å². The number of anilines is 1. The van der Waals surface area contributed by atoms with E-state index >= 15 is 4.39 Å². The lowest BCUT2D eigenvalue weighted by molar-refractivity contribution is -0.143. The molecule has 0 radical (unpaired) electrons. The topological polar surface area (TPSA) is 32.8 Å². The molecule has 3 rings (SSSR count). The summed E-state index contributed by atoms with van der Waals surface area (Å²) < 4.78 is 21.3. The molecule has 216 valence electrons. The number of carbonyl (C=O) groups is 1. The van der Waals surface area contributed by atoms with Gasteiger partial charge in [0, 0.05) is 26.3 Å². The van der Waals surface area contributed by atoms with Crippen molar-refractivity contribution >= 4 is 11.7 Å². The molecule has 40 heavy (non-hydrogen) atoms. The first kappa shape index (κ1) is 31.3. The van der Waals surface area contributed by atoms with Crippen LogP contribution in [0, 0.1) is 5.82 Å². The van der Waals surface area contributed by atoms with Gasteiger partial charge in [-0.2, -0.15) is 0 Å². The molecule has 0 amide bonds. The van der Waals surface area contributed by atoms with Gasteiger partial charge >= 0.3 is 5.97 Å². The Kier molecular flexibility index (Phi) is 11.3. The van der Waals surface area contributed by atoms with Crippen molar-refractivity contribution in [3.8, 4) is 0 Å². The smallest absolute Gasteiger partial charge is 0.310 e. The summed E-state index contributed by atoms with van der Waals surface area (Å²) in [6, 6.07) is 20.9. The molecule has 3 aromatic rings. The van der Waals surface area contributed by atoms with Crippen molar-refractivity contribution in [3.05, 3.63) is 99.9 Å². The molecular formula is C35H47FN2O2. The monoisotopic (exact) mass is 546 g/mol. The zero-order chi connectivity index (χ0) is 29.4. The van der Waals surface area contributed by atoms with E-state index in [1.165, 1.54) is 16.7 Å². The largest absolute Gasteiger partial charge is 0.465 e. The maximum absolute atomic E-state index is 15.7. The van der Waals surface area contributed by atoms with Gasteiger partial charge in [0.1, 0.15) is 5.82 Å². The number of halogens is 1. The Morgan fingerprint density at radius 2 is 1.52 bits per heavy atom. The Morgan fingerprint density at radius 3 is 2.15 bits per heavy atom. The number of rotatable bonds is 13. The summed E-state index contributed by atoms with van der Waals surface area (Å²) in [5, 5.41) is 0. The molecule has 0 N–H and O–H groups in total. The Balaban J connectivity index is 1.62. The Bertz CT molecular complexity index is 1250. The minimum Gasteiger partial charge on any atom is -0.465 e. The molecule has 0 bridgehead atoms. The quantitative estimate of drug-likeness (QED) is 0.206. The van der Waals surface area contributed by atoms with E-state index in [-0.39, 0.29) is 36.0 Å². The third-order valence-electron chi connectivity index (χ3n) is 7.61. The number of hydrogen-bond donors (Lipinski definition) is 0. The number of esters is 1. The molecule has 2 unspecified atom stereocenters. The van der Waals surface area contributed by atoms with Gasteiger partial charge in [-0.1, -0.05) is 76.2 Å². The molecule has 0 saturated carbocycles. The second kappa shape index (κ2) is 14.5.